The first-order valence-corrected chi connectivity index (χ1v) is 8.71. The van der Waals surface area contributed by atoms with Gasteiger partial charge in [0.25, 0.3) is 0 Å². The van der Waals surface area contributed by atoms with Gasteiger partial charge in [0.2, 0.25) is 0 Å². The lowest BCUT2D eigenvalue weighted by atomic mass is 10.2. The number of rotatable bonds is 4. The highest BCUT2D eigenvalue weighted by molar-refractivity contribution is 9.11. The number of halogens is 3. The third-order valence-electron chi connectivity index (χ3n) is 3.12. The molecular weight excluding hydrogens is 450 g/mol. The Labute approximate surface area is 144 Å². The quantitative estimate of drug-likeness (QED) is 0.673. The molecule has 0 saturated heterocycles. The summed E-state index contributed by atoms with van der Waals surface area (Å²) in [5, 5.41) is 7.97. The van der Waals surface area contributed by atoms with Gasteiger partial charge in [-0.3, -0.25) is 4.68 Å². The van der Waals surface area contributed by atoms with Crippen molar-refractivity contribution in [1.82, 2.24) is 9.78 Å². The minimum Gasteiger partial charge on any atom is -0.378 e. The highest BCUT2D eigenvalue weighted by atomic mass is 79.9. The van der Waals surface area contributed by atoms with Crippen molar-refractivity contribution in [3.63, 3.8) is 0 Å². The maximum atomic E-state index is 4.51. The summed E-state index contributed by atoms with van der Waals surface area (Å²) in [5.74, 6) is 0. The van der Waals surface area contributed by atoms with Crippen LogP contribution in [0.25, 0.3) is 0 Å². The zero-order valence-electron chi connectivity index (χ0n) is 11.6. The molecule has 0 aliphatic rings. The van der Waals surface area contributed by atoms with E-state index in [1.165, 1.54) is 5.56 Å². The van der Waals surface area contributed by atoms with Crippen molar-refractivity contribution in [3.8, 4) is 0 Å². The molecule has 108 valence electrons. The molecule has 1 heterocycles. The summed E-state index contributed by atoms with van der Waals surface area (Å²) in [4.78, 5) is 0. The Bertz CT molecular complexity index is 612. The molecule has 0 atom stereocenters. The van der Waals surface area contributed by atoms with E-state index in [2.05, 4.69) is 84.2 Å². The van der Waals surface area contributed by atoms with Gasteiger partial charge >= 0.3 is 0 Å². The van der Waals surface area contributed by atoms with Crippen molar-refractivity contribution in [3.05, 3.63) is 42.5 Å². The van der Waals surface area contributed by atoms with Crippen molar-refractivity contribution < 1.29 is 0 Å². The lowest BCUT2D eigenvalue weighted by Crippen LogP contribution is -2.07. The number of nitrogens with one attached hydrogen (secondary N) is 1. The van der Waals surface area contributed by atoms with Gasteiger partial charge in [-0.1, -0.05) is 6.92 Å². The Kier molecular flexibility index (Phi) is 5.31. The molecule has 0 radical (unpaired) electrons. The molecule has 6 heteroatoms. The Hall–Kier alpha value is -0.330. The van der Waals surface area contributed by atoms with Gasteiger partial charge in [0, 0.05) is 16.0 Å². The smallest absolute Gasteiger partial charge is 0.0767 e. The fourth-order valence-corrected chi connectivity index (χ4v) is 4.50. The van der Waals surface area contributed by atoms with Crippen LogP contribution >= 0.6 is 47.8 Å². The number of anilines is 1. The van der Waals surface area contributed by atoms with E-state index in [1.807, 2.05) is 11.7 Å². The number of aryl methyl sites for hydroxylation is 3. The normalized spacial score (nSPS) is 10.9. The topological polar surface area (TPSA) is 29.9 Å². The number of benzene rings is 1. The predicted octanol–water partition coefficient (Wildman–Crippen LogP) is 5.19. The molecule has 0 bridgehead atoms. The van der Waals surface area contributed by atoms with Crippen LogP contribution in [0.1, 0.15) is 23.9 Å². The van der Waals surface area contributed by atoms with Gasteiger partial charge in [0.1, 0.15) is 0 Å². The molecule has 1 aromatic heterocycles. The van der Waals surface area contributed by atoms with E-state index >= 15 is 0 Å². The summed E-state index contributed by atoms with van der Waals surface area (Å²) in [6.45, 7) is 4.90. The molecule has 0 fully saturated rings. The molecule has 20 heavy (non-hydrogen) atoms. The summed E-state index contributed by atoms with van der Waals surface area (Å²) < 4.78 is 5.12. The van der Waals surface area contributed by atoms with Gasteiger partial charge in [-0.2, -0.15) is 5.10 Å². The van der Waals surface area contributed by atoms with Gasteiger partial charge < -0.3 is 5.32 Å². The third kappa shape index (κ3) is 3.28. The molecule has 0 aliphatic carbocycles. The zero-order valence-corrected chi connectivity index (χ0v) is 16.4. The number of hydrogen-bond acceptors (Lipinski definition) is 2. The second-order valence-corrected chi connectivity index (χ2v) is 7.14. The largest absolute Gasteiger partial charge is 0.378 e. The van der Waals surface area contributed by atoms with Crippen LogP contribution < -0.4 is 5.32 Å². The number of aromatic nitrogens is 2. The first-order chi connectivity index (χ1) is 9.43. The van der Waals surface area contributed by atoms with E-state index in [4.69, 9.17) is 0 Å². The molecular formula is C14H16Br3N3. The van der Waals surface area contributed by atoms with Gasteiger partial charge in [0.15, 0.2) is 0 Å². The fourth-order valence-electron chi connectivity index (χ4n) is 2.05. The van der Waals surface area contributed by atoms with Crippen molar-refractivity contribution in [1.29, 1.82) is 0 Å². The molecule has 2 rings (SSSR count). The summed E-state index contributed by atoms with van der Waals surface area (Å²) in [7, 11) is 1.97. The Morgan fingerprint density at radius 3 is 2.30 bits per heavy atom. The standard InChI is InChI=1S/C14H16Br3N3/c1-4-11-13(17)12(20(3)19-11)7-18-14-9(15)5-8(2)6-10(14)16/h5-6,18H,4,7H2,1-3H3. The highest BCUT2D eigenvalue weighted by Gasteiger charge is 2.13. The van der Waals surface area contributed by atoms with Crippen molar-refractivity contribution >= 4 is 53.5 Å². The molecule has 3 nitrogen and oxygen atoms in total. The molecule has 2 aromatic rings. The van der Waals surface area contributed by atoms with E-state index in [0.29, 0.717) is 6.54 Å². The molecule has 1 N–H and O–H groups in total. The Morgan fingerprint density at radius 1 is 1.20 bits per heavy atom. The van der Waals surface area contributed by atoms with Crippen LogP contribution in [0.4, 0.5) is 5.69 Å². The van der Waals surface area contributed by atoms with Gasteiger partial charge in [-0.05, 0) is 78.8 Å². The Balaban J connectivity index is 2.24. The molecule has 0 unspecified atom stereocenters. The molecule has 0 saturated carbocycles. The average Bonchev–Trinajstić information content (AvgIpc) is 2.64. The van der Waals surface area contributed by atoms with Gasteiger partial charge in [-0.25, -0.2) is 0 Å². The summed E-state index contributed by atoms with van der Waals surface area (Å²) >= 11 is 10.8. The van der Waals surface area contributed by atoms with Crippen LogP contribution in [0.5, 0.6) is 0 Å². The maximum absolute atomic E-state index is 4.51. The summed E-state index contributed by atoms with van der Waals surface area (Å²) in [5.41, 5.74) is 4.50. The van der Waals surface area contributed by atoms with Crippen LogP contribution in [0.3, 0.4) is 0 Å². The second kappa shape index (κ2) is 6.62. The first kappa shape index (κ1) is 16.0. The zero-order chi connectivity index (χ0) is 14.9. The average molecular weight is 466 g/mol. The predicted molar refractivity (Wildman–Crippen MR) is 94.2 cm³/mol. The monoisotopic (exact) mass is 463 g/mol. The van der Waals surface area contributed by atoms with E-state index in [0.717, 1.165) is 36.9 Å². The number of nitrogens with zero attached hydrogens (tertiary/aromatic N) is 2. The van der Waals surface area contributed by atoms with Crippen LogP contribution in [-0.4, -0.2) is 9.78 Å². The molecule has 1 aromatic carbocycles. The highest BCUT2D eigenvalue weighted by Crippen LogP contribution is 2.33. The van der Waals surface area contributed by atoms with E-state index in [1.54, 1.807) is 0 Å². The molecule has 0 aliphatic heterocycles. The molecule has 0 amide bonds. The molecule has 0 spiro atoms. The van der Waals surface area contributed by atoms with Gasteiger partial charge in [0.05, 0.1) is 28.1 Å². The maximum Gasteiger partial charge on any atom is 0.0767 e. The van der Waals surface area contributed by atoms with Crippen molar-refractivity contribution in [2.24, 2.45) is 7.05 Å². The van der Waals surface area contributed by atoms with Crippen LogP contribution in [0.15, 0.2) is 25.6 Å². The summed E-state index contributed by atoms with van der Waals surface area (Å²) in [6.07, 6.45) is 0.923. The minimum absolute atomic E-state index is 0.713. The van der Waals surface area contributed by atoms with Crippen LogP contribution in [-0.2, 0) is 20.0 Å². The lowest BCUT2D eigenvalue weighted by molar-refractivity contribution is 0.706. The first-order valence-electron chi connectivity index (χ1n) is 6.33. The number of hydrogen-bond donors (Lipinski definition) is 1. The summed E-state index contributed by atoms with van der Waals surface area (Å²) in [6, 6.07) is 4.20. The minimum atomic E-state index is 0.713. The van der Waals surface area contributed by atoms with Gasteiger partial charge in [-0.15, -0.1) is 0 Å². The fraction of sp³-hybridized carbons (Fsp3) is 0.357. The SMILES string of the molecule is CCc1nn(C)c(CNc2c(Br)cc(C)cc2Br)c1Br. The van der Waals surface area contributed by atoms with E-state index < -0.39 is 0 Å². The van der Waals surface area contributed by atoms with E-state index in [-0.39, 0.29) is 0 Å². The second-order valence-electron chi connectivity index (χ2n) is 4.64. The lowest BCUT2D eigenvalue weighted by Gasteiger charge is -2.12. The van der Waals surface area contributed by atoms with Crippen LogP contribution in [0, 0.1) is 6.92 Å². The third-order valence-corrected chi connectivity index (χ3v) is 5.29. The van der Waals surface area contributed by atoms with Crippen molar-refractivity contribution in [2.45, 2.75) is 26.8 Å². The van der Waals surface area contributed by atoms with Crippen LogP contribution in [0.2, 0.25) is 0 Å². The Morgan fingerprint density at radius 2 is 1.80 bits per heavy atom. The van der Waals surface area contributed by atoms with Crippen molar-refractivity contribution in [2.75, 3.05) is 5.32 Å². The van der Waals surface area contributed by atoms with E-state index in [9.17, 15) is 0 Å².